The molecule has 0 unspecified atom stereocenters. The van der Waals surface area contributed by atoms with Crippen molar-refractivity contribution in [1.29, 1.82) is 0 Å². The minimum atomic E-state index is -4.67. The van der Waals surface area contributed by atoms with Crippen molar-refractivity contribution in [3.8, 4) is 0 Å². The van der Waals surface area contributed by atoms with E-state index in [2.05, 4.69) is 33.0 Å². The average molecular weight is 698 g/mol. The van der Waals surface area contributed by atoms with Crippen molar-refractivity contribution in [1.82, 2.24) is 5.32 Å². The Balaban J connectivity index is -0.000000160. The zero-order chi connectivity index (χ0) is 35.5. The van der Waals surface area contributed by atoms with Crippen molar-refractivity contribution in [2.45, 2.75) is 182 Å². The van der Waals surface area contributed by atoms with E-state index in [4.69, 9.17) is 45.3 Å². The fourth-order valence-electron chi connectivity index (χ4n) is 4.11. The van der Waals surface area contributed by atoms with Crippen LogP contribution < -0.4 is 5.32 Å². The van der Waals surface area contributed by atoms with E-state index in [1.807, 2.05) is 0 Å². The number of aliphatic hydroxyl groups is 2. The first kappa shape index (κ1) is 54.1. The number of hydrogen-bond acceptors (Lipinski definition) is 7. The lowest BCUT2D eigenvalue weighted by atomic mass is 10.1. The van der Waals surface area contributed by atoms with E-state index in [1.165, 1.54) is 154 Å². The van der Waals surface area contributed by atoms with Crippen LogP contribution in [0.3, 0.4) is 0 Å². The Bertz CT molecular complexity index is 596. The van der Waals surface area contributed by atoms with Crippen molar-refractivity contribution in [3.63, 3.8) is 0 Å². The normalized spacial score (nSPS) is 10.7. The Morgan fingerprint density at radius 3 is 0.600 bits per heavy atom. The molecule has 0 heterocycles. The summed E-state index contributed by atoms with van der Waals surface area (Å²) in [5.41, 5.74) is 0. The monoisotopic (exact) mass is 697 g/mol. The fourth-order valence-corrected chi connectivity index (χ4v) is 4.11. The van der Waals surface area contributed by atoms with Gasteiger partial charge in [0.1, 0.15) is 0 Å². The molecule has 13 heteroatoms. The highest BCUT2D eigenvalue weighted by Gasteiger charge is 1.93. The Kier molecular flexibility index (Phi) is 57.7. The van der Waals surface area contributed by atoms with Gasteiger partial charge in [0, 0.05) is 13.1 Å². The lowest BCUT2D eigenvalue weighted by molar-refractivity contribution is 0.266. The largest absolute Gasteiger partial charge is 0.395 e. The minimum absolute atomic E-state index is 0.139. The Labute approximate surface area is 278 Å². The van der Waals surface area contributed by atoms with Gasteiger partial charge in [0.15, 0.2) is 0 Å². The molecule has 280 valence electrons. The zero-order valence-corrected chi connectivity index (χ0v) is 31.1. The molecule has 0 aliphatic carbocycles. The summed E-state index contributed by atoms with van der Waals surface area (Å²) >= 11 is 0. The minimum Gasteiger partial charge on any atom is -0.395 e. The van der Waals surface area contributed by atoms with Crippen LogP contribution in [0.5, 0.6) is 0 Å². The van der Waals surface area contributed by atoms with Crippen LogP contribution in [0.2, 0.25) is 0 Å². The summed E-state index contributed by atoms with van der Waals surface area (Å²) in [6.45, 7) is 10.6. The topological polar surface area (TPSA) is 202 Å². The highest BCUT2D eigenvalue weighted by molar-refractivity contribution is 7.80. The van der Waals surface area contributed by atoms with Gasteiger partial charge in [-0.3, -0.25) is 18.2 Å². The van der Waals surface area contributed by atoms with Gasteiger partial charge < -0.3 is 15.5 Å². The van der Waals surface area contributed by atoms with Crippen LogP contribution in [-0.4, -0.2) is 71.6 Å². The first-order valence-corrected chi connectivity index (χ1v) is 20.4. The predicted octanol–water partition coefficient (Wildman–Crippen LogP) is 8.67. The summed E-state index contributed by atoms with van der Waals surface area (Å²) in [6.07, 6.45) is 34.9. The maximum absolute atomic E-state index is 8.74. The molecule has 0 aromatic carbocycles. The van der Waals surface area contributed by atoms with Gasteiger partial charge in [0.25, 0.3) is 0 Å². The van der Waals surface area contributed by atoms with Gasteiger partial charge in [0.05, 0.1) is 13.2 Å². The summed E-state index contributed by atoms with van der Waals surface area (Å²) in [5.74, 6) is 0. The molecule has 7 N–H and O–H groups in total. The highest BCUT2D eigenvalue weighted by atomic mass is 32.3. The van der Waals surface area contributed by atoms with Gasteiger partial charge >= 0.3 is 20.8 Å². The molecule has 11 nitrogen and oxygen atoms in total. The SMILES string of the molecule is CCCCCCCCCCCCCC.CCCCCCCCCCCCCC.O=S(=O)(O)O.O=S(=O)(O)O.OCCNCCO. The van der Waals surface area contributed by atoms with E-state index in [-0.39, 0.29) is 13.2 Å². The van der Waals surface area contributed by atoms with Gasteiger partial charge in [-0.2, -0.15) is 16.8 Å². The zero-order valence-electron chi connectivity index (χ0n) is 29.4. The van der Waals surface area contributed by atoms with Crippen molar-refractivity contribution < 1.29 is 45.3 Å². The molecule has 0 saturated heterocycles. The summed E-state index contributed by atoms with van der Waals surface area (Å²) in [7, 11) is -9.33. The molecule has 0 spiro atoms. The third-order valence-corrected chi connectivity index (χ3v) is 6.49. The molecule has 45 heavy (non-hydrogen) atoms. The first-order valence-electron chi connectivity index (χ1n) is 17.6. The third-order valence-electron chi connectivity index (χ3n) is 6.49. The van der Waals surface area contributed by atoms with E-state index in [1.54, 1.807) is 0 Å². The molecule has 0 aromatic heterocycles. The summed E-state index contributed by atoms with van der Waals surface area (Å²) < 4.78 is 63.2. The van der Waals surface area contributed by atoms with Crippen LogP contribution in [0.25, 0.3) is 0 Å². The Morgan fingerprint density at radius 1 is 0.356 bits per heavy atom. The molecule has 0 aromatic rings. The van der Waals surface area contributed by atoms with E-state index >= 15 is 0 Å². The number of hydrogen-bond donors (Lipinski definition) is 7. The van der Waals surface area contributed by atoms with Gasteiger partial charge in [-0.25, -0.2) is 0 Å². The summed E-state index contributed by atoms with van der Waals surface area (Å²) in [4.78, 5) is 0. The molecule has 0 amide bonds. The van der Waals surface area contributed by atoms with E-state index in [0.717, 1.165) is 0 Å². The summed E-state index contributed by atoms with van der Waals surface area (Å²) in [5, 5.41) is 19.1. The van der Waals surface area contributed by atoms with Crippen LogP contribution in [0.4, 0.5) is 0 Å². The Hall–Kier alpha value is -0.380. The van der Waals surface area contributed by atoms with Gasteiger partial charge in [0.2, 0.25) is 0 Å². The van der Waals surface area contributed by atoms with E-state index < -0.39 is 20.8 Å². The lowest BCUT2D eigenvalue weighted by Crippen LogP contribution is -2.21. The molecule has 0 atom stereocenters. The van der Waals surface area contributed by atoms with Crippen molar-refractivity contribution in [2.75, 3.05) is 26.3 Å². The molecule has 0 aliphatic rings. The molecule has 0 fully saturated rings. The molecular formula is C32H75NO10S2. The van der Waals surface area contributed by atoms with Gasteiger partial charge in [-0.1, -0.05) is 182 Å². The van der Waals surface area contributed by atoms with E-state index in [0.29, 0.717) is 13.1 Å². The van der Waals surface area contributed by atoms with Crippen LogP contribution in [0, 0.1) is 0 Å². The lowest BCUT2D eigenvalue weighted by Gasteiger charge is -2.01. The molecule has 0 rings (SSSR count). The first-order chi connectivity index (χ1) is 21.2. The maximum atomic E-state index is 8.74. The summed E-state index contributed by atoms with van der Waals surface area (Å²) in [6, 6.07) is 0. The second-order valence-electron chi connectivity index (χ2n) is 11.2. The van der Waals surface area contributed by atoms with E-state index in [9.17, 15) is 0 Å². The predicted molar refractivity (Wildman–Crippen MR) is 189 cm³/mol. The second-order valence-corrected chi connectivity index (χ2v) is 13.0. The van der Waals surface area contributed by atoms with Crippen LogP contribution >= 0.6 is 0 Å². The molecular weight excluding hydrogens is 622 g/mol. The number of nitrogens with one attached hydrogen (secondary N) is 1. The van der Waals surface area contributed by atoms with Crippen molar-refractivity contribution in [2.24, 2.45) is 0 Å². The second kappa shape index (κ2) is 48.0. The standard InChI is InChI=1S/2C14H30.C4H11NO2.2H2O4S/c2*1-3-5-7-9-11-13-14-12-10-8-6-4-2;6-3-1-5-2-4-7;2*1-5(2,3)4/h2*3-14H2,1-2H3;5-7H,1-4H2;2*(H2,1,2,3,4). The molecule has 0 bridgehead atoms. The smallest absolute Gasteiger partial charge is 0.394 e. The molecule has 0 radical (unpaired) electrons. The van der Waals surface area contributed by atoms with Crippen LogP contribution in [0.1, 0.15) is 182 Å². The average Bonchev–Trinajstić information content (AvgIpc) is 2.94. The van der Waals surface area contributed by atoms with Crippen LogP contribution in [-0.2, 0) is 20.8 Å². The Morgan fingerprint density at radius 2 is 0.489 bits per heavy atom. The van der Waals surface area contributed by atoms with Gasteiger partial charge in [-0.15, -0.1) is 0 Å². The third kappa shape index (κ3) is 115. The number of unbranched alkanes of at least 4 members (excludes halogenated alkanes) is 22. The van der Waals surface area contributed by atoms with Crippen molar-refractivity contribution in [3.05, 3.63) is 0 Å². The van der Waals surface area contributed by atoms with Crippen molar-refractivity contribution >= 4 is 20.8 Å². The molecule has 0 saturated carbocycles. The van der Waals surface area contributed by atoms with Gasteiger partial charge in [-0.05, 0) is 0 Å². The maximum Gasteiger partial charge on any atom is 0.394 e. The fraction of sp³-hybridized carbons (Fsp3) is 1.00. The quantitative estimate of drug-likeness (QED) is 0.0337. The number of rotatable bonds is 26. The van der Waals surface area contributed by atoms with Crippen LogP contribution in [0.15, 0.2) is 0 Å². The number of aliphatic hydroxyl groups excluding tert-OH is 2. The molecule has 0 aliphatic heterocycles. The highest BCUT2D eigenvalue weighted by Crippen LogP contribution is 2.12.